The molecule has 0 N–H and O–H groups in total. The maximum Gasteiger partial charge on any atom is 0.365 e. The highest BCUT2D eigenvalue weighted by Gasteiger charge is 2.31. The lowest BCUT2D eigenvalue weighted by Gasteiger charge is -2.01. The van der Waals surface area contributed by atoms with Gasteiger partial charge in [-0.2, -0.15) is 0 Å². The maximum absolute atomic E-state index is 11.4. The van der Waals surface area contributed by atoms with Crippen LogP contribution in [0.3, 0.4) is 0 Å². The Hall–Kier alpha value is -2.14. The Bertz CT molecular complexity index is 655. The van der Waals surface area contributed by atoms with Gasteiger partial charge in [-0.25, -0.2) is 14.6 Å². The molecule has 0 aliphatic carbocycles. The van der Waals surface area contributed by atoms with E-state index in [1.54, 1.807) is 12.1 Å². The molecule has 1 aliphatic rings. The van der Waals surface area contributed by atoms with E-state index in [1.165, 1.54) is 17.3 Å². The molecule has 0 amide bonds. The van der Waals surface area contributed by atoms with Crippen LogP contribution >= 0.6 is 11.8 Å². The molecule has 0 saturated heterocycles. The first-order valence-electron chi connectivity index (χ1n) is 5.68. The molecule has 1 aliphatic heterocycles. The Morgan fingerprint density at radius 3 is 2.58 bits per heavy atom. The van der Waals surface area contributed by atoms with Crippen molar-refractivity contribution in [2.24, 2.45) is 0 Å². The second kappa shape index (κ2) is 4.85. The van der Waals surface area contributed by atoms with Gasteiger partial charge in [0.05, 0.1) is 10.6 Å². The molecule has 1 aromatic heterocycles. The van der Waals surface area contributed by atoms with Gasteiger partial charge >= 0.3 is 11.9 Å². The third kappa shape index (κ3) is 2.37. The standard InChI is InChI=1S/C14H9NO3S/c16-13-10-6-7-11(15-12(10)14(17)18-13)19-8-9-4-2-1-3-5-9/h1-7H,8H2. The van der Waals surface area contributed by atoms with Crippen molar-refractivity contribution in [3.8, 4) is 0 Å². The zero-order valence-corrected chi connectivity index (χ0v) is 10.6. The number of thioether (sulfide) groups is 1. The molecule has 19 heavy (non-hydrogen) atoms. The quantitative estimate of drug-likeness (QED) is 0.488. The van der Waals surface area contributed by atoms with E-state index in [1.807, 2.05) is 30.3 Å². The predicted molar refractivity (Wildman–Crippen MR) is 70.0 cm³/mol. The summed E-state index contributed by atoms with van der Waals surface area (Å²) in [7, 11) is 0. The Morgan fingerprint density at radius 1 is 1.00 bits per heavy atom. The number of aromatic nitrogens is 1. The number of hydrogen-bond donors (Lipinski definition) is 0. The van der Waals surface area contributed by atoms with Crippen molar-refractivity contribution in [1.29, 1.82) is 0 Å². The van der Waals surface area contributed by atoms with Gasteiger partial charge in [-0.3, -0.25) is 0 Å². The van der Waals surface area contributed by atoms with Crippen LogP contribution in [0, 0.1) is 0 Å². The summed E-state index contributed by atoms with van der Waals surface area (Å²) in [6, 6.07) is 13.3. The lowest BCUT2D eigenvalue weighted by atomic mass is 10.2. The number of esters is 2. The van der Waals surface area contributed by atoms with Gasteiger partial charge in [-0.1, -0.05) is 30.3 Å². The molecule has 0 fully saturated rings. The van der Waals surface area contributed by atoms with E-state index < -0.39 is 11.9 Å². The van der Waals surface area contributed by atoms with Crippen LogP contribution in [0.5, 0.6) is 0 Å². The van der Waals surface area contributed by atoms with E-state index in [0.29, 0.717) is 5.03 Å². The Kier molecular flexibility index (Phi) is 3.05. The van der Waals surface area contributed by atoms with Crippen LogP contribution in [0.4, 0.5) is 0 Å². The van der Waals surface area contributed by atoms with Crippen molar-refractivity contribution >= 4 is 23.7 Å². The lowest BCUT2D eigenvalue weighted by molar-refractivity contribution is 0.0441. The largest absolute Gasteiger partial charge is 0.384 e. The second-order valence-electron chi connectivity index (χ2n) is 4.00. The molecule has 0 unspecified atom stereocenters. The summed E-state index contributed by atoms with van der Waals surface area (Å²) in [5.74, 6) is -0.524. The molecule has 94 valence electrons. The minimum absolute atomic E-state index is 0.114. The van der Waals surface area contributed by atoms with Gasteiger partial charge in [-0.15, -0.1) is 11.8 Å². The van der Waals surface area contributed by atoms with E-state index in [9.17, 15) is 9.59 Å². The first kappa shape index (κ1) is 11.9. The zero-order chi connectivity index (χ0) is 13.2. The van der Waals surface area contributed by atoms with Gasteiger partial charge in [0, 0.05) is 5.75 Å². The van der Waals surface area contributed by atoms with Gasteiger partial charge in [0.2, 0.25) is 0 Å². The zero-order valence-electron chi connectivity index (χ0n) is 9.83. The van der Waals surface area contributed by atoms with E-state index in [-0.39, 0.29) is 11.3 Å². The summed E-state index contributed by atoms with van der Waals surface area (Å²) < 4.78 is 4.50. The van der Waals surface area contributed by atoms with Gasteiger partial charge in [0.1, 0.15) is 0 Å². The molecule has 4 nitrogen and oxygen atoms in total. The summed E-state index contributed by atoms with van der Waals surface area (Å²) in [4.78, 5) is 26.8. The molecule has 5 heteroatoms. The highest BCUT2D eigenvalue weighted by Crippen LogP contribution is 2.25. The lowest BCUT2D eigenvalue weighted by Crippen LogP contribution is -1.98. The summed E-state index contributed by atoms with van der Waals surface area (Å²) in [5, 5.41) is 0.703. The highest BCUT2D eigenvalue weighted by molar-refractivity contribution is 7.98. The number of rotatable bonds is 3. The molecule has 2 heterocycles. The minimum Gasteiger partial charge on any atom is -0.384 e. The Morgan fingerprint density at radius 2 is 1.79 bits per heavy atom. The smallest absolute Gasteiger partial charge is 0.365 e. The van der Waals surface area contributed by atoms with Crippen LogP contribution in [0.1, 0.15) is 26.4 Å². The summed E-state index contributed by atoms with van der Waals surface area (Å²) in [6.45, 7) is 0. The number of hydrogen-bond acceptors (Lipinski definition) is 5. The van der Waals surface area contributed by atoms with Gasteiger partial charge in [0.25, 0.3) is 0 Å². The maximum atomic E-state index is 11.4. The van der Waals surface area contributed by atoms with Crippen molar-refractivity contribution in [3.63, 3.8) is 0 Å². The number of carbonyl (C=O) groups excluding carboxylic acids is 2. The summed E-state index contributed by atoms with van der Waals surface area (Å²) in [5.41, 5.74) is 1.53. The van der Waals surface area contributed by atoms with E-state index >= 15 is 0 Å². The van der Waals surface area contributed by atoms with Crippen molar-refractivity contribution < 1.29 is 14.3 Å². The van der Waals surface area contributed by atoms with Crippen molar-refractivity contribution in [2.45, 2.75) is 10.8 Å². The second-order valence-corrected chi connectivity index (χ2v) is 4.99. The fraction of sp³-hybridized carbons (Fsp3) is 0.0714. The highest BCUT2D eigenvalue weighted by atomic mass is 32.2. The van der Waals surface area contributed by atoms with Gasteiger partial charge < -0.3 is 4.74 Å². The molecule has 0 atom stereocenters. The Labute approximate surface area is 113 Å². The number of ether oxygens (including phenoxy) is 1. The van der Waals surface area contributed by atoms with Crippen LogP contribution in [0.2, 0.25) is 0 Å². The number of cyclic esters (lactones) is 2. The summed E-state index contributed by atoms with van der Waals surface area (Å²) in [6.07, 6.45) is 0. The third-order valence-electron chi connectivity index (χ3n) is 2.70. The number of pyridine rings is 1. The van der Waals surface area contributed by atoms with Crippen LogP contribution < -0.4 is 0 Å². The molecule has 0 spiro atoms. The number of carbonyl (C=O) groups is 2. The van der Waals surface area contributed by atoms with Crippen LogP contribution in [0.15, 0.2) is 47.5 Å². The topological polar surface area (TPSA) is 56.3 Å². The van der Waals surface area contributed by atoms with E-state index in [2.05, 4.69) is 9.72 Å². The van der Waals surface area contributed by atoms with Crippen molar-refractivity contribution in [2.75, 3.05) is 0 Å². The van der Waals surface area contributed by atoms with Crippen molar-refractivity contribution in [1.82, 2.24) is 4.98 Å². The number of fused-ring (bicyclic) bond motifs is 1. The van der Waals surface area contributed by atoms with Crippen LogP contribution in [0.25, 0.3) is 0 Å². The average molecular weight is 271 g/mol. The third-order valence-corrected chi connectivity index (χ3v) is 3.70. The minimum atomic E-state index is -0.665. The first-order chi connectivity index (χ1) is 9.24. The molecule has 2 aromatic rings. The van der Waals surface area contributed by atoms with Crippen LogP contribution in [-0.2, 0) is 10.5 Å². The summed E-state index contributed by atoms with van der Waals surface area (Å²) >= 11 is 1.51. The molecule has 0 bridgehead atoms. The van der Waals surface area contributed by atoms with Crippen molar-refractivity contribution in [3.05, 3.63) is 59.3 Å². The van der Waals surface area contributed by atoms with E-state index in [0.717, 1.165) is 5.75 Å². The fourth-order valence-corrected chi connectivity index (χ4v) is 2.59. The van der Waals surface area contributed by atoms with Gasteiger partial charge in [0.15, 0.2) is 5.69 Å². The van der Waals surface area contributed by atoms with Crippen LogP contribution in [-0.4, -0.2) is 16.9 Å². The predicted octanol–water partition coefficient (Wildman–Crippen LogP) is 2.68. The SMILES string of the molecule is O=C1OC(=O)c2nc(SCc3ccccc3)ccc21. The monoisotopic (exact) mass is 271 g/mol. The van der Waals surface area contributed by atoms with Gasteiger partial charge in [-0.05, 0) is 17.7 Å². The first-order valence-corrected chi connectivity index (χ1v) is 6.67. The fourth-order valence-electron chi connectivity index (χ4n) is 1.76. The molecule has 0 radical (unpaired) electrons. The number of benzene rings is 1. The molecule has 3 rings (SSSR count). The molecular formula is C14H9NO3S. The Balaban J connectivity index is 1.78. The molecule has 1 aromatic carbocycles. The normalized spacial score (nSPS) is 13.3. The molecular weight excluding hydrogens is 262 g/mol. The number of nitrogens with zero attached hydrogens (tertiary/aromatic N) is 1. The van der Waals surface area contributed by atoms with E-state index in [4.69, 9.17) is 0 Å². The average Bonchev–Trinajstić information content (AvgIpc) is 2.73. The molecule has 0 saturated carbocycles.